The minimum Gasteiger partial charge on any atom is -0.492 e. The third kappa shape index (κ3) is 2.63. The first-order chi connectivity index (χ1) is 9.90. The number of halogens is 3. The SMILES string of the molecule is CC1(C)COc2ccc(C(Cl)c3c(Cl)cccc3Cl)cc21. The molecule has 0 saturated heterocycles. The molecule has 2 aromatic rings. The molecule has 0 N–H and O–H groups in total. The summed E-state index contributed by atoms with van der Waals surface area (Å²) in [6.07, 6.45) is 0. The molecular weight excluding hydrogens is 327 g/mol. The van der Waals surface area contributed by atoms with Crippen LogP contribution in [0.1, 0.15) is 35.9 Å². The van der Waals surface area contributed by atoms with Gasteiger partial charge >= 0.3 is 0 Å². The lowest BCUT2D eigenvalue weighted by Gasteiger charge is -2.18. The highest BCUT2D eigenvalue weighted by Gasteiger charge is 2.32. The molecule has 1 nitrogen and oxygen atoms in total. The number of hydrogen-bond acceptors (Lipinski definition) is 1. The lowest BCUT2D eigenvalue weighted by Crippen LogP contribution is -2.18. The molecule has 0 aliphatic carbocycles. The van der Waals surface area contributed by atoms with E-state index in [2.05, 4.69) is 19.9 Å². The molecule has 0 amide bonds. The Morgan fingerprint density at radius 3 is 2.43 bits per heavy atom. The molecule has 1 heterocycles. The number of ether oxygens (including phenoxy) is 1. The molecular formula is C17H15Cl3O. The standard InChI is InChI=1S/C17H15Cl3O/c1-17(2)9-21-14-7-6-10(8-11(14)17)16(20)15-12(18)4-3-5-13(15)19/h3-8,16H,9H2,1-2H3. The van der Waals surface area contributed by atoms with Gasteiger partial charge in [-0.2, -0.15) is 0 Å². The van der Waals surface area contributed by atoms with E-state index < -0.39 is 0 Å². The molecule has 110 valence electrons. The second-order valence-corrected chi connectivity index (χ2v) is 7.18. The van der Waals surface area contributed by atoms with Crippen LogP contribution in [-0.4, -0.2) is 6.61 Å². The van der Waals surface area contributed by atoms with Gasteiger partial charge in [0, 0.05) is 26.6 Å². The number of fused-ring (bicyclic) bond motifs is 1. The van der Waals surface area contributed by atoms with Crippen LogP contribution in [0.5, 0.6) is 5.75 Å². The summed E-state index contributed by atoms with van der Waals surface area (Å²) in [6.45, 7) is 5.01. The Labute approximate surface area is 139 Å². The molecule has 1 atom stereocenters. The summed E-state index contributed by atoms with van der Waals surface area (Å²) in [6, 6.07) is 11.5. The predicted molar refractivity (Wildman–Crippen MR) is 89.1 cm³/mol. The van der Waals surface area contributed by atoms with E-state index in [9.17, 15) is 0 Å². The van der Waals surface area contributed by atoms with Crippen molar-refractivity contribution in [2.24, 2.45) is 0 Å². The van der Waals surface area contributed by atoms with Gasteiger partial charge in [0.25, 0.3) is 0 Å². The van der Waals surface area contributed by atoms with Crippen LogP contribution in [0.25, 0.3) is 0 Å². The monoisotopic (exact) mass is 340 g/mol. The van der Waals surface area contributed by atoms with E-state index >= 15 is 0 Å². The quantitative estimate of drug-likeness (QED) is 0.609. The minimum atomic E-state index is -0.382. The fourth-order valence-corrected chi connectivity index (χ4v) is 3.71. The molecule has 4 heteroatoms. The third-order valence-electron chi connectivity index (χ3n) is 3.87. The van der Waals surface area contributed by atoms with Crippen LogP contribution in [0, 0.1) is 0 Å². The third-order valence-corrected chi connectivity index (χ3v) is 5.00. The van der Waals surface area contributed by atoms with Gasteiger partial charge in [0.1, 0.15) is 5.75 Å². The Morgan fingerprint density at radius 2 is 1.76 bits per heavy atom. The van der Waals surface area contributed by atoms with Crippen molar-refractivity contribution in [1.29, 1.82) is 0 Å². The van der Waals surface area contributed by atoms with Gasteiger partial charge in [0.15, 0.2) is 0 Å². The van der Waals surface area contributed by atoms with Crippen molar-refractivity contribution in [1.82, 2.24) is 0 Å². The van der Waals surface area contributed by atoms with Crippen LogP contribution >= 0.6 is 34.8 Å². The van der Waals surface area contributed by atoms with E-state index in [-0.39, 0.29) is 10.8 Å². The van der Waals surface area contributed by atoms with E-state index in [1.165, 1.54) is 5.56 Å². The number of alkyl halides is 1. The second-order valence-electron chi connectivity index (χ2n) is 5.93. The highest BCUT2D eigenvalue weighted by atomic mass is 35.5. The second kappa shape index (κ2) is 5.39. The average Bonchev–Trinajstić information content (AvgIpc) is 2.74. The summed E-state index contributed by atoms with van der Waals surface area (Å²) in [5.74, 6) is 0.929. The van der Waals surface area contributed by atoms with Gasteiger partial charge < -0.3 is 4.74 Å². The van der Waals surface area contributed by atoms with Gasteiger partial charge in [-0.3, -0.25) is 0 Å². The normalized spacial score (nSPS) is 17.2. The molecule has 1 unspecified atom stereocenters. The molecule has 3 rings (SSSR count). The first-order valence-corrected chi connectivity index (χ1v) is 7.94. The maximum Gasteiger partial charge on any atom is 0.123 e. The molecule has 1 aliphatic rings. The summed E-state index contributed by atoms with van der Waals surface area (Å²) in [5.41, 5.74) is 2.89. The maximum atomic E-state index is 6.63. The smallest absolute Gasteiger partial charge is 0.123 e. The van der Waals surface area contributed by atoms with Crippen molar-refractivity contribution in [3.05, 3.63) is 63.1 Å². The highest BCUT2D eigenvalue weighted by Crippen LogP contribution is 2.43. The summed E-state index contributed by atoms with van der Waals surface area (Å²) in [7, 11) is 0. The summed E-state index contributed by atoms with van der Waals surface area (Å²) >= 11 is 19.1. The van der Waals surface area contributed by atoms with Crippen LogP contribution in [0.4, 0.5) is 0 Å². The van der Waals surface area contributed by atoms with Gasteiger partial charge in [0.05, 0.1) is 12.0 Å². The largest absolute Gasteiger partial charge is 0.492 e. The molecule has 0 saturated carbocycles. The van der Waals surface area contributed by atoms with Gasteiger partial charge in [-0.05, 0) is 29.8 Å². The highest BCUT2D eigenvalue weighted by molar-refractivity contribution is 6.38. The molecule has 21 heavy (non-hydrogen) atoms. The van der Waals surface area contributed by atoms with Crippen LogP contribution in [0.2, 0.25) is 10.0 Å². The zero-order valence-electron chi connectivity index (χ0n) is 11.8. The molecule has 0 bridgehead atoms. The molecule has 0 aromatic heterocycles. The van der Waals surface area contributed by atoms with Crippen molar-refractivity contribution in [3.8, 4) is 5.75 Å². The van der Waals surface area contributed by atoms with Gasteiger partial charge in [0.2, 0.25) is 0 Å². The average molecular weight is 342 g/mol. The first kappa shape index (κ1) is 15.0. The molecule has 0 spiro atoms. The lowest BCUT2D eigenvalue weighted by atomic mass is 9.85. The Morgan fingerprint density at radius 1 is 1.10 bits per heavy atom. The van der Waals surface area contributed by atoms with E-state index in [4.69, 9.17) is 39.5 Å². The van der Waals surface area contributed by atoms with Crippen LogP contribution in [0.15, 0.2) is 36.4 Å². The van der Waals surface area contributed by atoms with Crippen LogP contribution < -0.4 is 4.74 Å². The van der Waals surface area contributed by atoms with Crippen molar-refractivity contribution in [3.63, 3.8) is 0 Å². The zero-order chi connectivity index (χ0) is 15.2. The molecule has 0 fully saturated rings. The predicted octanol–water partition coefficient (Wildman–Crippen LogP) is 5.99. The first-order valence-electron chi connectivity index (χ1n) is 6.75. The van der Waals surface area contributed by atoms with Gasteiger partial charge in [-0.15, -0.1) is 11.6 Å². The molecule has 0 radical (unpaired) electrons. The maximum absolute atomic E-state index is 6.63. The summed E-state index contributed by atoms with van der Waals surface area (Å²) in [5, 5.41) is 0.782. The van der Waals surface area contributed by atoms with Crippen LogP contribution in [0.3, 0.4) is 0 Å². The van der Waals surface area contributed by atoms with Crippen LogP contribution in [-0.2, 0) is 5.41 Å². The fourth-order valence-electron chi connectivity index (χ4n) is 2.62. The zero-order valence-corrected chi connectivity index (χ0v) is 14.1. The van der Waals surface area contributed by atoms with E-state index in [0.29, 0.717) is 16.7 Å². The number of rotatable bonds is 2. The minimum absolute atomic E-state index is 0.00771. The van der Waals surface area contributed by atoms with Crippen molar-refractivity contribution in [2.45, 2.75) is 24.6 Å². The number of benzene rings is 2. The Kier molecular flexibility index (Phi) is 3.85. The topological polar surface area (TPSA) is 9.23 Å². The van der Waals surface area contributed by atoms with Crippen molar-refractivity contribution < 1.29 is 4.74 Å². The van der Waals surface area contributed by atoms with E-state index in [0.717, 1.165) is 16.9 Å². The number of hydrogen-bond donors (Lipinski definition) is 0. The van der Waals surface area contributed by atoms with Gasteiger partial charge in [-0.25, -0.2) is 0 Å². The molecule has 2 aromatic carbocycles. The van der Waals surface area contributed by atoms with Crippen molar-refractivity contribution in [2.75, 3.05) is 6.61 Å². The summed E-state index contributed by atoms with van der Waals surface area (Å²) < 4.78 is 5.71. The van der Waals surface area contributed by atoms with E-state index in [1.807, 2.05) is 18.2 Å². The fraction of sp³-hybridized carbons (Fsp3) is 0.294. The Hall–Kier alpha value is -0.890. The van der Waals surface area contributed by atoms with E-state index in [1.54, 1.807) is 12.1 Å². The van der Waals surface area contributed by atoms with Crippen molar-refractivity contribution >= 4 is 34.8 Å². The molecule has 1 aliphatic heterocycles. The Bertz CT molecular complexity index is 674. The Balaban J connectivity index is 2.06. The summed E-state index contributed by atoms with van der Waals surface area (Å²) in [4.78, 5) is 0. The van der Waals surface area contributed by atoms with Gasteiger partial charge in [-0.1, -0.05) is 49.2 Å². The lowest BCUT2D eigenvalue weighted by molar-refractivity contribution is 0.291.